The number of hydrogen-bond acceptors (Lipinski definition) is 4. The van der Waals surface area contributed by atoms with Crippen LogP contribution in [0.3, 0.4) is 0 Å². The van der Waals surface area contributed by atoms with Gasteiger partial charge in [-0.1, -0.05) is 41.5 Å². The van der Waals surface area contributed by atoms with E-state index in [4.69, 9.17) is 0 Å². The highest BCUT2D eigenvalue weighted by Gasteiger charge is 2.32. The highest BCUT2D eigenvalue weighted by Crippen LogP contribution is 2.32. The van der Waals surface area contributed by atoms with Crippen LogP contribution in [0, 0.1) is 0 Å². The predicted octanol–water partition coefficient (Wildman–Crippen LogP) is 5.73. The fourth-order valence-corrected chi connectivity index (χ4v) is 5.02. The zero-order chi connectivity index (χ0) is 25.7. The van der Waals surface area contributed by atoms with Gasteiger partial charge in [-0.2, -0.15) is 10.2 Å². The lowest BCUT2D eigenvalue weighted by Crippen LogP contribution is -2.44. The highest BCUT2D eigenvalue weighted by molar-refractivity contribution is 5.33. The summed E-state index contributed by atoms with van der Waals surface area (Å²) in [7, 11) is 0. The van der Waals surface area contributed by atoms with Crippen molar-refractivity contribution >= 4 is 0 Å². The molecule has 0 bridgehead atoms. The zero-order valence-electron chi connectivity index (χ0n) is 24.0. The van der Waals surface area contributed by atoms with Gasteiger partial charge in [-0.3, -0.25) is 20.0 Å². The van der Waals surface area contributed by atoms with E-state index in [9.17, 15) is 0 Å². The number of fused-ring (bicyclic) bond motifs is 2. The molecule has 0 saturated heterocycles. The standard InChI is InChI=1S/2C14H25N3/c2*1-13(2,3)12-10-7-8-17(14(4,5)6)9-11(10)15-16-12/h2*7-9H2,1-6H3,(H,15,16). The maximum Gasteiger partial charge on any atom is 0.0711 e. The molecular weight excluding hydrogens is 420 g/mol. The van der Waals surface area contributed by atoms with E-state index in [2.05, 4.69) is 113 Å². The highest BCUT2D eigenvalue weighted by atomic mass is 15.2. The average Bonchev–Trinajstić information content (AvgIpc) is 3.29. The number of nitrogens with zero attached hydrogens (tertiary/aromatic N) is 4. The molecule has 0 amide bonds. The van der Waals surface area contributed by atoms with Crippen LogP contribution in [0.25, 0.3) is 0 Å². The first-order valence-corrected chi connectivity index (χ1v) is 13.0. The van der Waals surface area contributed by atoms with Crippen molar-refractivity contribution in [3.63, 3.8) is 0 Å². The maximum absolute atomic E-state index is 4.53. The van der Waals surface area contributed by atoms with Gasteiger partial charge in [0.05, 0.1) is 22.8 Å². The quantitative estimate of drug-likeness (QED) is 0.516. The Bertz CT molecular complexity index is 888. The van der Waals surface area contributed by atoms with Gasteiger partial charge in [-0.15, -0.1) is 0 Å². The smallest absolute Gasteiger partial charge is 0.0711 e. The lowest BCUT2D eigenvalue weighted by Gasteiger charge is -2.38. The summed E-state index contributed by atoms with van der Waals surface area (Å²) in [5.41, 5.74) is 8.82. The number of aromatic nitrogens is 4. The van der Waals surface area contributed by atoms with Crippen LogP contribution in [0.1, 0.15) is 117 Å². The molecule has 34 heavy (non-hydrogen) atoms. The molecule has 0 fully saturated rings. The third-order valence-electron chi connectivity index (χ3n) is 7.19. The normalized spacial score (nSPS) is 18.2. The summed E-state index contributed by atoms with van der Waals surface area (Å²) in [6.07, 6.45) is 2.24. The Hall–Kier alpha value is -1.66. The summed E-state index contributed by atoms with van der Waals surface area (Å²) in [6, 6.07) is 0. The SMILES string of the molecule is CC(C)(C)c1n[nH]c2c1CCN(C(C)(C)C)C2.CC(C)(C)c1n[nH]c2c1CCN(C(C)(C)C)C2. The molecule has 2 aliphatic rings. The van der Waals surface area contributed by atoms with Crippen LogP contribution >= 0.6 is 0 Å². The molecule has 0 aliphatic carbocycles. The summed E-state index contributed by atoms with van der Waals surface area (Å²) < 4.78 is 0. The Morgan fingerprint density at radius 1 is 0.559 bits per heavy atom. The molecule has 192 valence electrons. The van der Waals surface area contributed by atoms with Crippen LogP contribution in [0.2, 0.25) is 0 Å². The largest absolute Gasteiger partial charge is 0.292 e. The summed E-state index contributed by atoms with van der Waals surface area (Å²) in [6.45, 7) is 31.4. The fourth-order valence-electron chi connectivity index (χ4n) is 5.02. The first-order chi connectivity index (χ1) is 15.4. The van der Waals surface area contributed by atoms with Crippen molar-refractivity contribution in [2.24, 2.45) is 0 Å². The zero-order valence-corrected chi connectivity index (χ0v) is 24.0. The maximum atomic E-state index is 4.53. The van der Waals surface area contributed by atoms with Crippen LogP contribution in [0.4, 0.5) is 0 Å². The molecule has 0 saturated carbocycles. The first kappa shape index (κ1) is 26.9. The molecule has 0 unspecified atom stereocenters. The molecule has 2 aromatic rings. The lowest BCUT2D eigenvalue weighted by molar-refractivity contribution is 0.118. The molecule has 2 aliphatic heterocycles. The van der Waals surface area contributed by atoms with Crippen molar-refractivity contribution in [3.05, 3.63) is 33.9 Å². The monoisotopic (exact) mass is 470 g/mol. The second kappa shape index (κ2) is 9.09. The van der Waals surface area contributed by atoms with Gasteiger partial charge in [0.15, 0.2) is 0 Å². The van der Waals surface area contributed by atoms with E-state index in [1.54, 1.807) is 0 Å². The Balaban J connectivity index is 0.000000191. The topological polar surface area (TPSA) is 63.8 Å². The van der Waals surface area contributed by atoms with Crippen LogP contribution in [-0.2, 0) is 36.8 Å². The van der Waals surface area contributed by atoms with Crippen LogP contribution in [0.15, 0.2) is 0 Å². The van der Waals surface area contributed by atoms with Crippen molar-refractivity contribution in [2.75, 3.05) is 13.1 Å². The van der Waals surface area contributed by atoms with Crippen molar-refractivity contribution in [2.45, 2.75) is 131 Å². The van der Waals surface area contributed by atoms with Gasteiger partial charge in [0.1, 0.15) is 0 Å². The Morgan fingerprint density at radius 3 is 1.15 bits per heavy atom. The van der Waals surface area contributed by atoms with Crippen LogP contribution < -0.4 is 0 Å². The van der Waals surface area contributed by atoms with E-state index in [1.165, 1.54) is 33.9 Å². The molecule has 0 spiro atoms. The molecule has 2 aromatic heterocycles. The van der Waals surface area contributed by atoms with Gasteiger partial charge in [0.2, 0.25) is 0 Å². The lowest BCUT2D eigenvalue weighted by atomic mass is 9.86. The molecule has 0 atom stereocenters. The average molecular weight is 471 g/mol. The molecule has 4 heterocycles. The van der Waals surface area contributed by atoms with Gasteiger partial charge in [0, 0.05) is 48.1 Å². The third-order valence-corrected chi connectivity index (χ3v) is 7.19. The second-order valence-corrected chi connectivity index (χ2v) is 14.2. The summed E-state index contributed by atoms with van der Waals surface area (Å²) in [4.78, 5) is 5.03. The van der Waals surface area contributed by atoms with E-state index >= 15 is 0 Å². The van der Waals surface area contributed by atoms with Gasteiger partial charge in [0.25, 0.3) is 0 Å². The van der Waals surface area contributed by atoms with E-state index in [1.807, 2.05) is 0 Å². The van der Waals surface area contributed by atoms with Gasteiger partial charge >= 0.3 is 0 Å². The first-order valence-electron chi connectivity index (χ1n) is 13.0. The number of H-pyrrole nitrogens is 2. The van der Waals surface area contributed by atoms with Crippen molar-refractivity contribution < 1.29 is 0 Å². The minimum absolute atomic E-state index is 0.147. The van der Waals surface area contributed by atoms with Crippen molar-refractivity contribution in [1.29, 1.82) is 0 Å². The summed E-state index contributed by atoms with van der Waals surface area (Å²) >= 11 is 0. The molecule has 6 nitrogen and oxygen atoms in total. The minimum Gasteiger partial charge on any atom is -0.292 e. The molecule has 4 rings (SSSR count). The third kappa shape index (κ3) is 5.93. The van der Waals surface area contributed by atoms with Crippen molar-refractivity contribution in [3.8, 4) is 0 Å². The fraction of sp³-hybridized carbons (Fsp3) is 0.786. The van der Waals surface area contributed by atoms with Crippen LogP contribution in [0.5, 0.6) is 0 Å². The second-order valence-electron chi connectivity index (χ2n) is 14.2. The van der Waals surface area contributed by atoms with E-state index in [-0.39, 0.29) is 21.9 Å². The molecule has 6 heteroatoms. The number of nitrogens with one attached hydrogen (secondary N) is 2. The molecular formula is C28H50N6. The van der Waals surface area contributed by atoms with Gasteiger partial charge < -0.3 is 0 Å². The van der Waals surface area contributed by atoms with Crippen molar-refractivity contribution in [1.82, 2.24) is 30.2 Å². The predicted molar refractivity (Wildman–Crippen MR) is 142 cm³/mol. The van der Waals surface area contributed by atoms with Gasteiger partial charge in [-0.05, 0) is 65.5 Å². The number of aromatic amines is 2. The Labute approximate surface area is 208 Å². The number of hydrogen-bond donors (Lipinski definition) is 2. The number of rotatable bonds is 0. The van der Waals surface area contributed by atoms with E-state index in [0.29, 0.717) is 0 Å². The molecule has 0 radical (unpaired) electrons. The Morgan fingerprint density at radius 2 is 0.882 bits per heavy atom. The summed E-state index contributed by atoms with van der Waals surface area (Å²) in [5.74, 6) is 0. The molecule has 2 N–H and O–H groups in total. The minimum atomic E-state index is 0.147. The van der Waals surface area contributed by atoms with Crippen LogP contribution in [-0.4, -0.2) is 54.4 Å². The summed E-state index contributed by atoms with van der Waals surface area (Å²) in [5, 5.41) is 15.6. The van der Waals surface area contributed by atoms with E-state index in [0.717, 1.165) is 39.0 Å². The van der Waals surface area contributed by atoms with Gasteiger partial charge in [-0.25, -0.2) is 0 Å². The van der Waals surface area contributed by atoms with E-state index < -0.39 is 0 Å². The Kier molecular flexibility index (Phi) is 7.20. The molecule has 0 aromatic carbocycles.